The van der Waals surface area contributed by atoms with Gasteiger partial charge in [0.05, 0.1) is 32.0 Å². The second-order valence-corrected chi connectivity index (χ2v) is 8.28. The van der Waals surface area contributed by atoms with Crippen molar-refractivity contribution < 1.29 is 29.3 Å². The van der Waals surface area contributed by atoms with Crippen molar-refractivity contribution in [1.82, 2.24) is 0 Å². The molecule has 30 heavy (non-hydrogen) atoms. The highest BCUT2D eigenvalue weighted by Gasteiger charge is 2.32. The second-order valence-electron chi connectivity index (χ2n) is 7.11. The number of benzene rings is 1. The second kappa shape index (κ2) is 10.7. The lowest BCUT2D eigenvalue weighted by Gasteiger charge is -2.25. The molecule has 1 amide bonds. The fraction of sp³-hybridized carbons (Fsp3) is 0.455. The average molecular weight is 434 g/mol. The SMILES string of the molecule is CCC(O)c1ccc(N2C(=O)CC[C@@H]2COCc2ccc(C(=O)OCCO)s2)cc1. The number of thiophene rings is 1. The molecule has 1 fully saturated rings. The molecule has 3 rings (SSSR count). The smallest absolute Gasteiger partial charge is 0.348 e. The van der Waals surface area contributed by atoms with Crippen LogP contribution in [-0.4, -0.2) is 48.0 Å². The predicted octanol–water partition coefficient (Wildman–Crippen LogP) is 3.05. The number of esters is 1. The number of hydrogen-bond acceptors (Lipinski definition) is 7. The number of rotatable bonds is 10. The largest absolute Gasteiger partial charge is 0.459 e. The van der Waals surface area contributed by atoms with Gasteiger partial charge in [0.2, 0.25) is 5.91 Å². The molecule has 7 nitrogen and oxygen atoms in total. The van der Waals surface area contributed by atoms with E-state index in [1.54, 1.807) is 11.0 Å². The van der Waals surface area contributed by atoms with E-state index in [1.807, 2.05) is 37.3 Å². The Morgan fingerprint density at radius 1 is 1.27 bits per heavy atom. The summed E-state index contributed by atoms with van der Waals surface area (Å²) >= 11 is 1.29. The van der Waals surface area contributed by atoms with Crippen LogP contribution in [0.1, 0.15) is 52.4 Å². The molecule has 0 saturated carbocycles. The number of nitrogens with zero attached hydrogens (tertiary/aromatic N) is 1. The molecule has 1 unspecified atom stereocenters. The van der Waals surface area contributed by atoms with Gasteiger partial charge in [-0.25, -0.2) is 4.79 Å². The van der Waals surface area contributed by atoms with E-state index in [-0.39, 0.29) is 25.2 Å². The molecular weight excluding hydrogens is 406 g/mol. The maximum absolute atomic E-state index is 12.4. The monoisotopic (exact) mass is 433 g/mol. The molecule has 0 aliphatic carbocycles. The summed E-state index contributed by atoms with van der Waals surface area (Å²) in [7, 11) is 0. The van der Waals surface area contributed by atoms with Crippen molar-refractivity contribution in [3.63, 3.8) is 0 Å². The number of amides is 1. The number of carbonyl (C=O) groups excluding carboxylic acids is 2. The minimum absolute atomic E-state index is 0.0213. The Kier molecular flexibility index (Phi) is 7.98. The lowest BCUT2D eigenvalue weighted by atomic mass is 10.1. The number of aliphatic hydroxyl groups excluding tert-OH is 2. The molecule has 0 radical (unpaired) electrons. The van der Waals surface area contributed by atoms with Crippen LogP contribution in [0.3, 0.4) is 0 Å². The number of anilines is 1. The molecule has 0 bridgehead atoms. The minimum Gasteiger partial charge on any atom is -0.459 e. The fourth-order valence-electron chi connectivity index (χ4n) is 3.42. The maximum Gasteiger partial charge on any atom is 0.348 e. The van der Waals surface area contributed by atoms with Crippen LogP contribution in [-0.2, 0) is 20.9 Å². The van der Waals surface area contributed by atoms with Gasteiger partial charge in [-0.05, 0) is 42.7 Å². The summed E-state index contributed by atoms with van der Waals surface area (Å²) in [6, 6.07) is 10.9. The van der Waals surface area contributed by atoms with Gasteiger partial charge in [0.25, 0.3) is 0 Å². The topological polar surface area (TPSA) is 96.3 Å². The third-order valence-corrected chi connectivity index (χ3v) is 6.05. The van der Waals surface area contributed by atoms with Crippen LogP contribution in [0, 0.1) is 0 Å². The van der Waals surface area contributed by atoms with Crippen molar-refractivity contribution in [3.8, 4) is 0 Å². The van der Waals surface area contributed by atoms with Gasteiger partial charge in [-0.1, -0.05) is 19.1 Å². The average Bonchev–Trinajstić information content (AvgIpc) is 3.38. The molecule has 2 aromatic rings. The summed E-state index contributed by atoms with van der Waals surface area (Å²) in [5.74, 6) is -0.387. The van der Waals surface area contributed by atoms with Crippen LogP contribution in [0.25, 0.3) is 0 Å². The van der Waals surface area contributed by atoms with Gasteiger partial charge in [0.15, 0.2) is 0 Å². The van der Waals surface area contributed by atoms with Crippen LogP contribution in [0.5, 0.6) is 0 Å². The fourth-order valence-corrected chi connectivity index (χ4v) is 4.26. The number of hydrogen-bond donors (Lipinski definition) is 2. The van der Waals surface area contributed by atoms with Crippen molar-refractivity contribution in [2.75, 3.05) is 24.7 Å². The summed E-state index contributed by atoms with van der Waals surface area (Å²) < 4.78 is 10.7. The first-order chi connectivity index (χ1) is 14.5. The molecule has 1 aromatic heterocycles. The quantitative estimate of drug-likeness (QED) is 0.559. The van der Waals surface area contributed by atoms with Crippen LogP contribution >= 0.6 is 11.3 Å². The highest BCUT2D eigenvalue weighted by molar-refractivity contribution is 7.13. The standard InChI is InChI=1S/C22H27NO6S/c1-2-19(25)15-3-5-16(6-4-15)23-17(7-10-21(23)26)13-28-14-18-8-9-20(30-18)22(27)29-12-11-24/h3-6,8-9,17,19,24-25H,2,7,10-14H2,1H3/t17-,19?/m1/s1. The van der Waals surface area contributed by atoms with Gasteiger partial charge in [-0.15, -0.1) is 11.3 Å². The van der Waals surface area contributed by atoms with Crippen molar-refractivity contribution in [2.45, 2.75) is 44.9 Å². The molecule has 2 N–H and O–H groups in total. The molecule has 1 aromatic carbocycles. The first-order valence-electron chi connectivity index (χ1n) is 10.1. The Balaban J connectivity index is 1.55. The first-order valence-corrected chi connectivity index (χ1v) is 10.9. The Labute approximate surface area is 179 Å². The summed E-state index contributed by atoms with van der Waals surface area (Å²) in [4.78, 5) is 27.3. The highest BCUT2D eigenvalue weighted by atomic mass is 32.1. The zero-order valence-electron chi connectivity index (χ0n) is 17.0. The van der Waals surface area contributed by atoms with Crippen molar-refractivity contribution in [3.05, 3.63) is 51.7 Å². The maximum atomic E-state index is 12.4. The van der Waals surface area contributed by atoms with E-state index in [4.69, 9.17) is 14.6 Å². The number of carbonyl (C=O) groups is 2. The van der Waals surface area contributed by atoms with Crippen molar-refractivity contribution in [1.29, 1.82) is 0 Å². The molecule has 2 atom stereocenters. The summed E-state index contributed by atoms with van der Waals surface area (Å²) in [6.45, 7) is 2.44. The van der Waals surface area contributed by atoms with Gasteiger partial charge in [0, 0.05) is 17.0 Å². The number of aliphatic hydroxyl groups is 2. The molecule has 2 heterocycles. The molecule has 1 saturated heterocycles. The Hall–Kier alpha value is -2.26. The Bertz CT molecular complexity index is 850. The Morgan fingerprint density at radius 3 is 2.73 bits per heavy atom. The normalized spacial score (nSPS) is 17.4. The van der Waals surface area contributed by atoms with E-state index in [0.717, 1.165) is 22.5 Å². The third kappa shape index (κ3) is 5.46. The third-order valence-electron chi connectivity index (χ3n) is 5.01. The number of ether oxygens (including phenoxy) is 2. The predicted molar refractivity (Wildman–Crippen MR) is 114 cm³/mol. The minimum atomic E-state index is -0.496. The van der Waals surface area contributed by atoms with E-state index < -0.39 is 12.1 Å². The van der Waals surface area contributed by atoms with E-state index in [1.165, 1.54) is 11.3 Å². The van der Waals surface area contributed by atoms with Gasteiger partial charge in [0.1, 0.15) is 11.5 Å². The van der Waals surface area contributed by atoms with Gasteiger partial charge in [-0.2, -0.15) is 0 Å². The van der Waals surface area contributed by atoms with Crippen LogP contribution in [0.2, 0.25) is 0 Å². The van der Waals surface area contributed by atoms with E-state index >= 15 is 0 Å². The van der Waals surface area contributed by atoms with Crippen LogP contribution in [0.4, 0.5) is 5.69 Å². The van der Waals surface area contributed by atoms with E-state index in [0.29, 0.717) is 30.9 Å². The van der Waals surface area contributed by atoms with Crippen LogP contribution in [0.15, 0.2) is 36.4 Å². The zero-order chi connectivity index (χ0) is 21.5. The lowest BCUT2D eigenvalue weighted by Crippen LogP contribution is -2.36. The van der Waals surface area contributed by atoms with E-state index in [2.05, 4.69) is 0 Å². The van der Waals surface area contributed by atoms with Crippen molar-refractivity contribution in [2.24, 2.45) is 0 Å². The molecule has 0 spiro atoms. The molecule has 8 heteroatoms. The summed E-state index contributed by atoms with van der Waals surface area (Å²) in [5, 5.41) is 18.7. The molecule has 162 valence electrons. The van der Waals surface area contributed by atoms with Gasteiger partial charge >= 0.3 is 5.97 Å². The molecule has 1 aliphatic rings. The summed E-state index contributed by atoms with van der Waals surface area (Å²) in [5.41, 5.74) is 1.65. The lowest BCUT2D eigenvalue weighted by molar-refractivity contribution is -0.117. The highest BCUT2D eigenvalue weighted by Crippen LogP contribution is 2.29. The van der Waals surface area contributed by atoms with E-state index in [9.17, 15) is 14.7 Å². The van der Waals surface area contributed by atoms with Crippen molar-refractivity contribution >= 4 is 28.9 Å². The Morgan fingerprint density at radius 2 is 2.03 bits per heavy atom. The molecular formula is C22H27NO6S. The van der Waals surface area contributed by atoms with Gasteiger partial charge < -0.3 is 24.6 Å². The first kappa shape index (κ1) is 22.4. The molecule has 1 aliphatic heterocycles. The zero-order valence-corrected chi connectivity index (χ0v) is 17.8. The summed E-state index contributed by atoms with van der Waals surface area (Å²) in [6.07, 6.45) is 1.35. The van der Waals surface area contributed by atoms with Gasteiger partial charge in [-0.3, -0.25) is 4.79 Å². The van der Waals surface area contributed by atoms with Crippen LogP contribution < -0.4 is 4.90 Å².